The van der Waals surface area contributed by atoms with E-state index in [2.05, 4.69) is 10.6 Å². The molecule has 0 atom stereocenters. The number of anilines is 1. The molecule has 2 amide bonds. The van der Waals surface area contributed by atoms with Crippen LogP contribution in [0.4, 0.5) is 9.80 Å². The zero-order valence-electron chi connectivity index (χ0n) is 11.8. The van der Waals surface area contributed by atoms with Gasteiger partial charge in [0, 0.05) is 11.4 Å². The smallest absolute Gasteiger partial charge is 0.338 e. The van der Waals surface area contributed by atoms with Crippen LogP contribution in [0.2, 0.25) is 0 Å². The van der Waals surface area contributed by atoms with Crippen molar-refractivity contribution in [3.63, 3.8) is 0 Å². The van der Waals surface area contributed by atoms with E-state index in [0.717, 1.165) is 23.6 Å². The predicted octanol–water partition coefficient (Wildman–Crippen LogP) is 3.37. The number of rotatable bonds is 6. The minimum atomic E-state index is -1.00. The second-order valence-electron chi connectivity index (χ2n) is 5.26. The van der Waals surface area contributed by atoms with Gasteiger partial charge in [-0.25, -0.2) is 9.59 Å². The maximum atomic E-state index is 11.8. The summed E-state index contributed by atoms with van der Waals surface area (Å²) in [5, 5.41) is 15.0. The highest BCUT2D eigenvalue weighted by molar-refractivity contribution is 7.16. The number of thiophene rings is 1. The molecule has 0 bridgehead atoms. The van der Waals surface area contributed by atoms with Gasteiger partial charge in [-0.1, -0.05) is 12.8 Å². The Morgan fingerprint density at radius 2 is 2.05 bits per heavy atom. The molecular weight excluding hydrogens is 276 g/mol. The van der Waals surface area contributed by atoms with E-state index in [9.17, 15) is 14.7 Å². The van der Waals surface area contributed by atoms with Crippen LogP contribution >= 0.6 is 11.3 Å². The molecule has 1 fully saturated rings. The van der Waals surface area contributed by atoms with E-state index in [0.29, 0.717) is 17.1 Å². The van der Waals surface area contributed by atoms with E-state index in [1.807, 2.05) is 6.92 Å². The number of aromatic carboxylic acids is 1. The van der Waals surface area contributed by atoms with Crippen molar-refractivity contribution in [1.29, 1.82) is 0 Å². The van der Waals surface area contributed by atoms with Gasteiger partial charge in [-0.2, -0.15) is 0 Å². The minimum absolute atomic E-state index is 0.195. The van der Waals surface area contributed by atoms with E-state index in [4.69, 9.17) is 0 Å². The first-order chi connectivity index (χ1) is 9.49. The zero-order valence-corrected chi connectivity index (χ0v) is 12.6. The van der Waals surface area contributed by atoms with E-state index in [1.165, 1.54) is 24.2 Å². The van der Waals surface area contributed by atoms with Crippen molar-refractivity contribution in [2.24, 2.45) is 5.92 Å². The molecule has 1 aromatic rings. The third-order valence-electron chi connectivity index (χ3n) is 3.60. The maximum Gasteiger partial charge on any atom is 0.338 e. The number of hydrogen-bond acceptors (Lipinski definition) is 3. The summed E-state index contributed by atoms with van der Waals surface area (Å²) < 4.78 is 0. The van der Waals surface area contributed by atoms with Gasteiger partial charge < -0.3 is 10.4 Å². The molecule has 1 aliphatic carbocycles. The fraction of sp³-hybridized carbons (Fsp3) is 0.571. The third kappa shape index (κ3) is 3.72. The largest absolute Gasteiger partial charge is 0.478 e. The van der Waals surface area contributed by atoms with Crippen LogP contribution in [-0.2, 0) is 0 Å². The second kappa shape index (κ2) is 6.26. The van der Waals surface area contributed by atoms with Crippen LogP contribution in [0.5, 0.6) is 0 Å². The molecule has 110 valence electrons. The van der Waals surface area contributed by atoms with Crippen LogP contribution < -0.4 is 10.6 Å². The minimum Gasteiger partial charge on any atom is -0.478 e. The van der Waals surface area contributed by atoms with Crippen LogP contribution in [0.25, 0.3) is 0 Å². The van der Waals surface area contributed by atoms with Gasteiger partial charge in [-0.15, -0.1) is 11.3 Å². The SMILES string of the molecule is Cc1sc(NC(=O)NCCCC2CC2)c(C(=O)O)c1C. The molecule has 6 heteroatoms. The molecule has 0 radical (unpaired) electrons. The number of hydrogen-bond donors (Lipinski definition) is 3. The quantitative estimate of drug-likeness (QED) is 0.704. The number of nitrogens with one attached hydrogen (secondary N) is 2. The highest BCUT2D eigenvalue weighted by Crippen LogP contribution is 2.33. The number of carboxylic acid groups (broad SMARTS) is 1. The standard InChI is InChI=1S/C14H20N2O3S/c1-8-9(2)20-12(11(8)13(17)18)16-14(19)15-7-3-4-10-5-6-10/h10H,3-7H2,1-2H3,(H,17,18)(H2,15,16,19). The molecule has 20 heavy (non-hydrogen) atoms. The molecule has 0 spiro atoms. The molecular formula is C14H20N2O3S. The number of carbonyl (C=O) groups excluding carboxylic acids is 1. The molecule has 0 saturated heterocycles. The maximum absolute atomic E-state index is 11.8. The monoisotopic (exact) mass is 296 g/mol. The number of aryl methyl sites for hydroxylation is 1. The van der Waals surface area contributed by atoms with E-state index in [1.54, 1.807) is 6.92 Å². The van der Waals surface area contributed by atoms with Gasteiger partial charge in [0.15, 0.2) is 0 Å². The van der Waals surface area contributed by atoms with Crippen molar-refractivity contribution in [2.45, 2.75) is 39.5 Å². The predicted molar refractivity (Wildman–Crippen MR) is 79.7 cm³/mol. The molecule has 1 aromatic heterocycles. The Bertz CT molecular complexity index is 521. The molecule has 1 heterocycles. The Hall–Kier alpha value is -1.56. The Labute approximate surface area is 122 Å². The lowest BCUT2D eigenvalue weighted by atomic mass is 10.1. The topological polar surface area (TPSA) is 78.4 Å². The summed E-state index contributed by atoms with van der Waals surface area (Å²) in [7, 11) is 0. The zero-order chi connectivity index (χ0) is 14.7. The van der Waals surface area contributed by atoms with Crippen molar-refractivity contribution in [3.05, 3.63) is 16.0 Å². The van der Waals surface area contributed by atoms with Gasteiger partial charge >= 0.3 is 12.0 Å². The lowest BCUT2D eigenvalue weighted by Crippen LogP contribution is -2.29. The third-order valence-corrected chi connectivity index (χ3v) is 4.72. The van der Waals surface area contributed by atoms with Crippen LogP contribution in [-0.4, -0.2) is 23.7 Å². The first-order valence-corrected chi connectivity index (χ1v) is 7.68. The van der Waals surface area contributed by atoms with Crippen molar-refractivity contribution >= 4 is 28.3 Å². The first kappa shape index (κ1) is 14.8. The van der Waals surface area contributed by atoms with Crippen LogP contribution in [0.3, 0.4) is 0 Å². The van der Waals surface area contributed by atoms with Crippen molar-refractivity contribution in [2.75, 3.05) is 11.9 Å². The van der Waals surface area contributed by atoms with E-state index >= 15 is 0 Å². The van der Waals surface area contributed by atoms with Gasteiger partial charge in [0.1, 0.15) is 5.00 Å². The van der Waals surface area contributed by atoms with E-state index < -0.39 is 5.97 Å². The van der Waals surface area contributed by atoms with Gasteiger partial charge in [-0.05, 0) is 38.2 Å². The highest BCUT2D eigenvalue weighted by atomic mass is 32.1. The molecule has 5 nitrogen and oxygen atoms in total. The first-order valence-electron chi connectivity index (χ1n) is 6.87. The Kier molecular flexibility index (Phi) is 4.65. The summed E-state index contributed by atoms with van der Waals surface area (Å²) in [6.45, 7) is 4.24. The molecule has 3 N–H and O–H groups in total. The molecule has 0 aliphatic heterocycles. The summed E-state index contributed by atoms with van der Waals surface area (Å²) in [6, 6.07) is -0.329. The van der Waals surface area contributed by atoms with Gasteiger partial charge in [0.05, 0.1) is 5.56 Å². The molecule has 2 rings (SSSR count). The number of urea groups is 1. The van der Waals surface area contributed by atoms with Crippen LogP contribution in [0, 0.1) is 19.8 Å². The van der Waals surface area contributed by atoms with Crippen LogP contribution in [0.1, 0.15) is 46.5 Å². The lowest BCUT2D eigenvalue weighted by Gasteiger charge is -2.07. The highest BCUT2D eigenvalue weighted by Gasteiger charge is 2.21. The molecule has 1 aliphatic rings. The second-order valence-corrected chi connectivity index (χ2v) is 6.48. The normalized spacial score (nSPS) is 14.1. The van der Waals surface area contributed by atoms with Gasteiger partial charge in [-0.3, -0.25) is 5.32 Å². The van der Waals surface area contributed by atoms with Crippen molar-refractivity contribution in [3.8, 4) is 0 Å². The van der Waals surface area contributed by atoms with Crippen molar-refractivity contribution < 1.29 is 14.7 Å². The lowest BCUT2D eigenvalue weighted by molar-refractivity contribution is 0.0697. The Morgan fingerprint density at radius 1 is 1.35 bits per heavy atom. The van der Waals surface area contributed by atoms with E-state index in [-0.39, 0.29) is 11.6 Å². The number of amides is 2. The fourth-order valence-corrected chi connectivity index (χ4v) is 3.17. The van der Waals surface area contributed by atoms with Crippen molar-refractivity contribution in [1.82, 2.24) is 5.32 Å². The average molecular weight is 296 g/mol. The fourth-order valence-electron chi connectivity index (χ4n) is 2.12. The number of carbonyl (C=O) groups is 2. The summed E-state index contributed by atoms with van der Waals surface area (Å²) in [6.07, 6.45) is 4.79. The summed E-state index contributed by atoms with van der Waals surface area (Å²) >= 11 is 1.30. The van der Waals surface area contributed by atoms with Gasteiger partial charge in [0.25, 0.3) is 0 Å². The van der Waals surface area contributed by atoms with Crippen LogP contribution in [0.15, 0.2) is 0 Å². The number of carboxylic acids is 1. The molecule has 1 saturated carbocycles. The average Bonchev–Trinajstić information content (AvgIpc) is 3.13. The Morgan fingerprint density at radius 3 is 2.65 bits per heavy atom. The summed E-state index contributed by atoms with van der Waals surface area (Å²) in [5.74, 6) is -0.142. The summed E-state index contributed by atoms with van der Waals surface area (Å²) in [5.41, 5.74) is 0.909. The molecule has 0 unspecified atom stereocenters. The summed E-state index contributed by atoms with van der Waals surface area (Å²) in [4.78, 5) is 23.9. The molecule has 0 aromatic carbocycles. The van der Waals surface area contributed by atoms with Gasteiger partial charge in [0.2, 0.25) is 0 Å². The Balaban J connectivity index is 1.86.